The van der Waals surface area contributed by atoms with Crippen LogP contribution in [0.5, 0.6) is 0 Å². The second-order valence-corrected chi connectivity index (χ2v) is 10.5. The second-order valence-electron chi connectivity index (χ2n) is 8.93. The van der Waals surface area contributed by atoms with Gasteiger partial charge >= 0.3 is 5.97 Å². The Morgan fingerprint density at radius 1 is 1.00 bits per heavy atom. The quantitative estimate of drug-likeness (QED) is 0.137. The number of rotatable bonds is 13. The molecule has 0 bridgehead atoms. The highest BCUT2D eigenvalue weighted by molar-refractivity contribution is 7.87. The molecule has 0 aromatic heterocycles. The molecule has 0 fully saturated rings. The lowest BCUT2D eigenvalue weighted by molar-refractivity contribution is -0.142. The maximum absolute atomic E-state index is 12.7. The molecule has 1 aliphatic rings. The molecule has 2 rings (SSSR count). The van der Waals surface area contributed by atoms with Gasteiger partial charge in [0.05, 0.1) is 6.54 Å². The molecule has 0 radical (unpaired) electrons. The average Bonchev–Trinajstić information content (AvgIpc) is 3.16. The highest BCUT2D eigenvalue weighted by Gasteiger charge is 2.36. The third-order valence-electron chi connectivity index (χ3n) is 5.52. The summed E-state index contributed by atoms with van der Waals surface area (Å²) >= 11 is 0. The Kier molecular flexibility index (Phi) is 10.9. The van der Waals surface area contributed by atoms with Crippen molar-refractivity contribution in [1.29, 1.82) is 0 Å². The molecule has 2 unspecified atom stereocenters. The number of nitrogens with one attached hydrogen (secondary N) is 3. The number of ether oxygens (including phenoxy) is 1. The van der Waals surface area contributed by atoms with Crippen molar-refractivity contribution in [3.63, 3.8) is 0 Å². The molecule has 1 aromatic carbocycles. The zero-order valence-corrected chi connectivity index (χ0v) is 22.3. The summed E-state index contributed by atoms with van der Waals surface area (Å²) in [7, 11) is -4.96. The molecule has 0 spiro atoms. The molecule has 4 N–H and O–H groups in total. The second kappa shape index (κ2) is 13.6. The lowest BCUT2D eigenvalue weighted by atomic mass is 10.0. The lowest BCUT2D eigenvalue weighted by Crippen LogP contribution is -2.54. The van der Waals surface area contributed by atoms with Crippen molar-refractivity contribution in [2.45, 2.75) is 45.1 Å². The van der Waals surface area contributed by atoms with E-state index < -0.39 is 82.3 Å². The number of esters is 1. The molecule has 1 aromatic rings. The van der Waals surface area contributed by atoms with Crippen molar-refractivity contribution < 1.29 is 46.5 Å². The molecule has 15 heteroatoms. The molecule has 0 saturated carbocycles. The van der Waals surface area contributed by atoms with E-state index in [1.807, 2.05) is 0 Å². The summed E-state index contributed by atoms with van der Waals surface area (Å²) in [6.07, 6.45) is 1.38. The van der Waals surface area contributed by atoms with Gasteiger partial charge in [-0.15, -0.1) is 0 Å². The van der Waals surface area contributed by atoms with Crippen LogP contribution < -0.4 is 16.0 Å². The van der Waals surface area contributed by atoms with Gasteiger partial charge in [0.1, 0.15) is 12.6 Å². The fraction of sp³-hybridized carbons (Fsp3) is 0.417. The molecule has 212 valence electrons. The number of nitrogens with zero attached hydrogens (tertiary/aromatic N) is 1. The summed E-state index contributed by atoms with van der Waals surface area (Å²) < 4.78 is 38.1. The molecular formula is C24H30N4O10S. The number of amides is 5. The van der Waals surface area contributed by atoms with Gasteiger partial charge in [-0.1, -0.05) is 26.0 Å². The summed E-state index contributed by atoms with van der Waals surface area (Å²) in [6.45, 7) is 3.57. The van der Waals surface area contributed by atoms with Crippen LogP contribution in [0.3, 0.4) is 0 Å². The molecule has 39 heavy (non-hydrogen) atoms. The maximum Gasteiger partial charge on any atom is 0.302 e. The van der Waals surface area contributed by atoms with Crippen LogP contribution in [0.1, 0.15) is 32.8 Å². The van der Waals surface area contributed by atoms with Crippen LogP contribution in [0.4, 0.5) is 5.69 Å². The van der Waals surface area contributed by atoms with Gasteiger partial charge in [0.15, 0.2) is 5.25 Å². The van der Waals surface area contributed by atoms with Gasteiger partial charge in [0.25, 0.3) is 21.9 Å². The molecule has 2 atom stereocenters. The molecular weight excluding hydrogens is 536 g/mol. The first-order valence-electron chi connectivity index (χ1n) is 11.8. The van der Waals surface area contributed by atoms with Crippen LogP contribution >= 0.6 is 0 Å². The van der Waals surface area contributed by atoms with E-state index in [2.05, 4.69) is 16.0 Å². The number of hydrogen-bond acceptors (Lipinski definition) is 9. The standard InChI is InChI=1S/C24H30N4O10S/c1-14(2)22(27-23(33)18(39(35,36)37)10-11-28-20(31)8-9-21(28)32)24(34)25-12-19(30)26-17-6-4-16(5-7-17)13-38-15(3)29/h4-9,14,18,22H,10-13H2,1-3H3,(H,25,34)(H,26,30)(H,27,33)(H,35,36,37). The van der Waals surface area contributed by atoms with Crippen LogP contribution in [-0.4, -0.2) is 77.8 Å². The van der Waals surface area contributed by atoms with Crippen LogP contribution in [0.2, 0.25) is 0 Å². The third kappa shape index (κ3) is 9.61. The monoisotopic (exact) mass is 566 g/mol. The van der Waals surface area contributed by atoms with E-state index in [9.17, 15) is 41.7 Å². The zero-order valence-electron chi connectivity index (χ0n) is 21.5. The number of imide groups is 1. The van der Waals surface area contributed by atoms with Crippen molar-refractivity contribution in [3.8, 4) is 0 Å². The highest BCUT2D eigenvalue weighted by Crippen LogP contribution is 2.13. The van der Waals surface area contributed by atoms with E-state index in [0.717, 1.165) is 12.2 Å². The Balaban J connectivity index is 1.94. The Hall–Kier alpha value is -4.11. The van der Waals surface area contributed by atoms with E-state index in [4.69, 9.17) is 4.74 Å². The van der Waals surface area contributed by atoms with Crippen molar-refractivity contribution in [2.75, 3.05) is 18.4 Å². The lowest BCUT2D eigenvalue weighted by Gasteiger charge is -2.24. The first kappa shape index (κ1) is 31.1. The van der Waals surface area contributed by atoms with Gasteiger partial charge < -0.3 is 20.7 Å². The minimum atomic E-state index is -4.96. The van der Waals surface area contributed by atoms with Gasteiger partial charge in [0, 0.05) is 31.3 Å². The molecule has 1 aliphatic heterocycles. The smallest absolute Gasteiger partial charge is 0.302 e. The minimum absolute atomic E-state index is 0.0755. The summed E-state index contributed by atoms with van der Waals surface area (Å²) in [5, 5.41) is 5.12. The third-order valence-corrected chi connectivity index (χ3v) is 6.69. The van der Waals surface area contributed by atoms with Gasteiger partial charge in [-0.2, -0.15) is 8.42 Å². The van der Waals surface area contributed by atoms with Crippen LogP contribution in [0.15, 0.2) is 36.4 Å². The van der Waals surface area contributed by atoms with Crippen molar-refractivity contribution in [2.24, 2.45) is 5.92 Å². The first-order chi connectivity index (χ1) is 18.2. The van der Waals surface area contributed by atoms with Crippen molar-refractivity contribution >= 4 is 51.3 Å². The molecule has 1 heterocycles. The summed E-state index contributed by atoms with van der Waals surface area (Å²) in [6, 6.07) is 5.15. The Morgan fingerprint density at radius 3 is 2.10 bits per heavy atom. The van der Waals surface area contributed by atoms with E-state index in [-0.39, 0.29) is 6.61 Å². The van der Waals surface area contributed by atoms with Gasteiger partial charge in [-0.05, 0) is 30.0 Å². The molecule has 14 nitrogen and oxygen atoms in total. The minimum Gasteiger partial charge on any atom is -0.461 e. The summed E-state index contributed by atoms with van der Waals surface area (Å²) in [5.74, 6) is -4.94. The number of anilines is 1. The predicted octanol–water partition coefficient (Wildman–Crippen LogP) is -0.483. The first-order valence-corrected chi connectivity index (χ1v) is 13.3. The number of benzene rings is 1. The SMILES string of the molecule is CC(=O)OCc1ccc(NC(=O)CNC(=O)C(NC(=O)C(CCN2C(=O)C=CC2=O)S(=O)(=O)O)C(C)C)cc1. The van der Waals surface area contributed by atoms with Gasteiger partial charge in [-0.25, -0.2) is 0 Å². The fourth-order valence-electron chi connectivity index (χ4n) is 3.45. The maximum atomic E-state index is 12.7. The van der Waals surface area contributed by atoms with E-state index in [1.165, 1.54) is 6.92 Å². The average molecular weight is 567 g/mol. The van der Waals surface area contributed by atoms with E-state index in [1.54, 1.807) is 38.1 Å². The van der Waals surface area contributed by atoms with Crippen LogP contribution in [-0.2, 0) is 50.2 Å². The van der Waals surface area contributed by atoms with E-state index >= 15 is 0 Å². The van der Waals surface area contributed by atoms with Crippen LogP contribution in [0, 0.1) is 5.92 Å². The summed E-state index contributed by atoms with van der Waals surface area (Å²) in [5.41, 5.74) is 1.11. The largest absolute Gasteiger partial charge is 0.461 e. The van der Waals surface area contributed by atoms with Gasteiger partial charge in [0.2, 0.25) is 17.7 Å². The van der Waals surface area contributed by atoms with Gasteiger partial charge in [-0.3, -0.25) is 38.2 Å². The van der Waals surface area contributed by atoms with Crippen molar-refractivity contribution in [3.05, 3.63) is 42.0 Å². The normalized spacial score (nSPS) is 14.6. The topological polar surface area (TPSA) is 205 Å². The number of carbonyl (C=O) groups is 6. The number of carbonyl (C=O) groups excluding carboxylic acids is 6. The molecule has 0 saturated heterocycles. The van der Waals surface area contributed by atoms with E-state index in [0.29, 0.717) is 16.2 Å². The predicted molar refractivity (Wildman–Crippen MR) is 136 cm³/mol. The zero-order chi connectivity index (χ0) is 29.3. The molecule has 5 amide bonds. The number of hydrogen-bond donors (Lipinski definition) is 4. The molecule has 0 aliphatic carbocycles. The Labute approximate surface area is 224 Å². The Bertz CT molecular complexity index is 1240. The van der Waals surface area contributed by atoms with Crippen molar-refractivity contribution in [1.82, 2.24) is 15.5 Å². The fourth-order valence-corrected chi connectivity index (χ4v) is 4.19. The highest BCUT2D eigenvalue weighted by atomic mass is 32.2. The van der Waals surface area contributed by atoms with Crippen LogP contribution in [0.25, 0.3) is 0 Å². The Morgan fingerprint density at radius 2 is 1.59 bits per heavy atom. The summed E-state index contributed by atoms with van der Waals surface area (Å²) in [4.78, 5) is 72.7.